The molecule has 1 heterocycles. The Morgan fingerprint density at radius 3 is 2.56 bits per heavy atom. The molecule has 1 aromatic carbocycles. The van der Waals surface area contributed by atoms with Gasteiger partial charge in [-0.05, 0) is 55.9 Å². The van der Waals surface area contributed by atoms with Crippen molar-refractivity contribution in [3.63, 3.8) is 0 Å². The summed E-state index contributed by atoms with van der Waals surface area (Å²) in [5, 5.41) is 8.43. The van der Waals surface area contributed by atoms with E-state index in [2.05, 4.69) is 36.4 Å². The number of benzene rings is 1. The lowest BCUT2D eigenvalue weighted by atomic mass is 9.96. The highest BCUT2D eigenvalue weighted by atomic mass is 35.5. The minimum absolute atomic E-state index is 0.0374. The molecule has 3 rings (SSSR count). The van der Waals surface area contributed by atoms with E-state index in [0.717, 1.165) is 30.0 Å². The summed E-state index contributed by atoms with van der Waals surface area (Å²) in [6.45, 7) is 7.69. The Kier molecular flexibility index (Phi) is 5.19. The van der Waals surface area contributed by atoms with Crippen LogP contribution in [0.1, 0.15) is 55.4 Å². The van der Waals surface area contributed by atoms with Crippen LogP contribution in [0.25, 0.3) is 0 Å². The van der Waals surface area contributed by atoms with Gasteiger partial charge in [0.25, 0.3) is 5.91 Å². The normalized spacial score (nSPS) is 15.4. The maximum absolute atomic E-state index is 12.7. The van der Waals surface area contributed by atoms with E-state index in [0.29, 0.717) is 24.7 Å². The van der Waals surface area contributed by atoms with Crippen LogP contribution in [0, 0.1) is 5.92 Å². The number of aromatic nitrogens is 2. The molecule has 4 nitrogen and oxygen atoms in total. The molecule has 0 bridgehead atoms. The monoisotopic (exact) mass is 359 g/mol. The zero-order chi connectivity index (χ0) is 18.0. The fourth-order valence-electron chi connectivity index (χ4n) is 3.27. The summed E-state index contributed by atoms with van der Waals surface area (Å²) in [7, 11) is 0. The van der Waals surface area contributed by atoms with Crippen LogP contribution in [0.4, 0.5) is 0 Å². The fourth-order valence-corrected chi connectivity index (χ4v) is 3.40. The molecule has 1 N–H and O–H groups in total. The number of carbonyl (C=O) groups is 1. The van der Waals surface area contributed by atoms with Crippen molar-refractivity contribution in [1.82, 2.24) is 15.1 Å². The van der Waals surface area contributed by atoms with E-state index in [1.165, 1.54) is 5.56 Å². The average molecular weight is 360 g/mol. The smallest absolute Gasteiger partial charge is 0.269 e. The predicted octanol–water partition coefficient (Wildman–Crippen LogP) is 4.22. The highest BCUT2D eigenvalue weighted by Gasteiger charge is 2.44. The minimum Gasteiger partial charge on any atom is -0.350 e. The molecule has 2 aromatic rings. The van der Waals surface area contributed by atoms with Crippen LogP contribution in [0.2, 0.25) is 5.02 Å². The molecule has 1 saturated carbocycles. The van der Waals surface area contributed by atoms with Crippen LogP contribution in [-0.4, -0.2) is 22.2 Å². The summed E-state index contributed by atoms with van der Waals surface area (Å²) < 4.78 is 1.80. The van der Waals surface area contributed by atoms with Crippen molar-refractivity contribution < 1.29 is 4.79 Å². The van der Waals surface area contributed by atoms with Gasteiger partial charge < -0.3 is 5.32 Å². The Bertz CT molecular complexity index is 745. The lowest BCUT2D eigenvalue weighted by molar-refractivity contribution is 0.0939. The summed E-state index contributed by atoms with van der Waals surface area (Å²) >= 11 is 5.98. The van der Waals surface area contributed by atoms with Gasteiger partial charge in [0.1, 0.15) is 5.69 Å². The molecule has 0 unspecified atom stereocenters. The molecule has 1 fully saturated rings. The van der Waals surface area contributed by atoms with Crippen molar-refractivity contribution in [2.45, 2.75) is 52.0 Å². The number of carbonyl (C=O) groups excluding carboxylic acids is 1. The molecule has 0 spiro atoms. The van der Waals surface area contributed by atoms with E-state index >= 15 is 0 Å². The van der Waals surface area contributed by atoms with Crippen LogP contribution >= 0.6 is 11.6 Å². The third-order valence-electron chi connectivity index (χ3n) is 4.88. The SMILES string of the molecule is CCn1nc(CC(C)C)cc1C(=O)NCC1(c2ccc(Cl)cc2)CC1. The quantitative estimate of drug-likeness (QED) is 0.804. The number of nitrogens with one attached hydrogen (secondary N) is 1. The number of aryl methyl sites for hydroxylation is 1. The van der Waals surface area contributed by atoms with E-state index in [-0.39, 0.29) is 11.3 Å². The maximum atomic E-state index is 12.7. The Morgan fingerprint density at radius 1 is 1.32 bits per heavy atom. The second kappa shape index (κ2) is 7.20. The first-order chi connectivity index (χ1) is 11.9. The van der Waals surface area contributed by atoms with Gasteiger partial charge in [-0.15, -0.1) is 0 Å². The summed E-state index contributed by atoms with van der Waals surface area (Å²) in [5.41, 5.74) is 2.96. The molecule has 0 aliphatic heterocycles. The van der Waals surface area contributed by atoms with Gasteiger partial charge in [-0.1, -0.05) is 37.6 Å². The third kappa shape index (κ3) is 4.06. The first-order valence-electron chi connectivity index (χ1n) is 9.04. The van der Waals surface area contributed by atoms with Crippen LogP contribution in [0.3, 0.4) is 0 Å². The lowest BCUT2D eigenvalue weighted by Gasteiger charge is -2.17. The summed E-state index contributed by atoms with van der Waals surface area (Å²) in [6.07, 6.45) is 3.09. The van der Waals surface area contributed by atoms with Crippen molar-refractivity contribution in [2.75, 3.05) is 6.54 Å². The molecule has 1 aliphatic carbocycles. The van der Waals surface area contributed by atoms with Crippen LogP contribution in [0.5, 0.6) is 0 Å². The second-order valence-electron chi connectivity index (χ2n) is 7.40. The van der Waals surface area contributed by atoms with Gasteiger partial charge in [0.2, 0.25) is 0 Å². The number of hydrogen-bond acceptors (Lipinski definition) is 2. The van der Waals surface area contributed by atoms with Gasteiger partial charge in [0.05, 0.1) is 5.69 Å². The van der Waals surface area contributed by atoms with Crippen molar-refractivity contribution in [3.8, 4) is 0 Å². The highest BCUT2D eigenvalue weighted by Crippen LogP contribution is 2.47. The summed E-state index contributed by atoms with van der Waals surface area (Å²) in [4.78, 5) is 12.7. The van der Waals surface area contributed by atoms with Crippen molar-refractivity contribution in [1.29, 1.82) is 0 Å². The molecular formula is C20H26ClN3O. The molecule has 5 heteroatoms. The molecule has 0 saturated heterocycles. The zero-order valence-corrected chi connectivity index (χ0v) is 15.9. The van der Waals surface area contributed by atoms with Crippen molar-refractivity contribution in [2.24, 2.45) is 5.92 Å². The third-order valence-corrected chi connectivity index (χ3v) is 5.13. The van der Waals surface area contributed by atoms with E-state index in [9.17, 15) is 4.79 Å². The molecular weight excluding hydrogens is 334 g/mol. The van der Waals surface area contributed by atoms with E-state index in [1.54, 1.807) is 4.68 Å². The van der Waals surface area contributed by atoms with Gasteiger partial charge in [0, 0.05) is 23.5 Å². The molecule has 1 aliphatic rings. The molecule has 134 valence electrons. The fraction of sp³-hybridized carbons (Fsp3) is 0.500. The number of rotatable bonds is 7. The van der Waals surface area contributed by atoms with Crippen molar-refractivity contribution >= 4 is 17.5 Å². The van der Waals surface area contributed by atoms with Gasteiger partial charge >= 0.3 is 0 Å². The topological polar surface area (TPSA) is 46.9 Å². The molecule has 1 aromatic heterocycles. The van der Waals surface area contributed by atoms with Gasteiger partial charge in [-0.3, -0.25) is 9.48 Å². The first-order valence-corrected chi connectivity index (χ1v) is 9.42. The number of halogens is 1. The van der Waals surface area contributed by atoms with Crippen LogP contribution in [0.15, 0.2) is 30.3 Å². The maximum Gasteiger partial charge on any atom is 0.269 e. The largest absolute Gasteiger partial charge is 0.350 e. The standard InChI is InChI=1S/C20H26ClN3O/c1-4-24-18(12-17(23-24)11-14(2)3)19(25)22-13-20(9-10-20)15-5-7-16(21)8-6-15/h5-8,12,14H,4,9-11,13H2,1-3H3,(H,22,25). The van der Waals surface area contributed by atoms with Gasteiger partial charge in [-0.25, -0.2) is 0 Å². The number of nitrogens with zero attached hydrogens (tertiary/aromatic N) is 2. The predicted molar refractivity (Wildman–Crippen MR) is 101 cm³/mol. The molecule has 0 atom stereocenters. The molecule has 1 amide bonds. The minimum atomic E-state index is -0.0374. The van der Waals surface area contributed by atoms with E-state index in [4.69, 9.17) is 11.6 Å². The molecule has 25 heavy (non-hydrogen) atoms. The number of amides is 1. The summed E-state index contributed by atoms with van der Waals surface area (Å²) in [5.74, 6) is 0.486. The second-order valence-corrected chi connectivity index (χ2v) is 7.84. The van der Waals surface area contributed by atoms with Gasteiger partial charge in [-0.2, -0.15) is 5.10 Å². The van der Waals surface area contributed by atoms with E-state index < -0.39 is 0 Å². The average Bonchev–Trinajstić information content (AvgIpc) is 3.26. The number of hydrogen-bond donors (Lipinski definition) is 1. The van der Waals surface area contributed by atoms with Crippen LogP contribution in [-0.2, 0) is 18.4 Å². The van der Waals surface area contributed by atoms with E-state index in [1.807, 2.05) is 25.1 Å². The lowest BCUT2D eigenvalue weighted by Crippen LogP contribution is -2.33. The van der Waals surface area contributed by atoms with Crippen LogP contribution < -0.4 is 5.32 Å². The molecule has 0 radical (unpaired) electrons. The Hall–Kier alpha value is -1.81. The Morgan fingerprint density at radius 2 is 2.00 bits per heavy atom. The Balaban J connectivity index is 1.68. The first kappa shape index (κ1) is 18.0. The van der Waals surface area contributed by atoms with Gasteiger partial charge in [0.15, 0.2) is 0 Å². The van der Waals surface area contributed by atoms with Crippen molar-refractivity contribution in [3.05, 3.63) is 52.3 Å². The Labute approximate surface area is 154 Å². The zero-order valence-electron chi connectivity index (χ0n) is 15.2. The highest BCUT2D eigenvalue weighted by molar-refractivity contribution is 6.30. The summed E-state index contributed by atoms with van der Waals surface area (Å²) in [6, 6.07) is 9.91.